The van der Waals surface area contributed by atoms with Gasteiger partial charge in [0, 0.05) is 12.2 Å². The third-order valence-corrected chi connectivity index (χ3v) is 2.46. The minimum atomic E-state index is -1.26. The number of carbonyl (C=O) groups excluding carboxylic acids is 2. The predicted octanol–water partition coefficient (Wildman–Crippen LogP) is -1.38. The van der Waals surface area contributed by atoms with Crippen LogP contribution in [0.5, 0.6) is 0 Å². The molecular weight excluding hydrogens is 320 g/mol. The lowest BCUT2D eigenvalue weighted by Crippen LogP contribution is -2.40. The molecule has 0 aliphatic carbocycles. The molecule has 2 amide bonds. The molecule has 0 rings (SSSR count). The first kappa shape index (κ1) is 26.4. The van der Waals surface area contributed by atoms with Gasteiger partial charge in [0.25, 0.3) is 0 Å². The fraction of sp³-hybridized carbons (Fsp3) is 0.571. The van der Waals surface area contributed by atoms with Gasteiger partial charge in [-0.25, -0.2) is 9.59 Å². The third kappa shape index (κ3) is 19.5. The molecule has 10 heteroatoms. The Morgan fingerprint density at radius 1 is 0.708 bits per heavy atom. The summed E-state index contributed by atoms with van der Waals surface area (Å²) >= 11 is 0. The zero-order valence-electron chi connectivity index (χ0n) is 14.3. The number of rotatable bonds is 6. The third-order valence-electron chi connectivity index (χ3n) is 2.46. The van der Waals surface area contributed by atoms with Crippen LogP contribution in [-0.2, 0) is 19.2 Å². The van der Waals surface area contributed by atoms with Crippen LogP contribution in [0.25, 0.3) is 0 Å². The van der Waals surface area contributed by atoms with Gasteiger partial charge in [0.2, 0.25) is 11.8 Å². The van der Waals surface area contributed by atoms with E-state index >= 15 is 0 Å². The van der Waals surface area contributed by atoms with Crippen molar-refractivity contribution in [3.8, 4) is 0 Å². The van der Waals surface area contributed by atoms with E-state index in [2.05, 4.69) is 0 Å². The molecule has 0 saturated heterocycles. The molecule has 10 nitrogen and oxygen atoms in total. The van der Waals surface area contributed by atoms with E-state index in [1.807, 2.05) is 27.7 Å². The molecule has 0 aliphatic rings. The van der Waals surface area contributed by atoms with Crippen molar-refractivity contribution in [2.75, 3.05) is 0 Å². The van der Waals surface area contributed by atoms with Crippen LogP contribution in [0.1, 0.15) is 27.7 Å². The Hall–Kier alpha value is -2.46. The average molecular weight is 348 g/mol. The number of carboxylic acid groups (broad SMARTS) is 2. The summed E-state index contributed by atoms with van der Waals surface area (Å²) < 4.78 is 0. The van der Waals surface area contributed by atoms with Crippen molar-refractivity contribution in [2.45, 2.75) is 39.8 Å². The van der Waals surface area contributed by atoms with Crippen molar-refractivity contribution >= 4 is 23.8 Å². The molecule has 0 fully saturated rings. The highest BCUT2D eigenvalue weighted by Crippen LogP contribution is 1.95. The Balaban J connectivity index is -0.000000276. The fourth-order valence-corrected chi connectivity index (χ4v) is 0.800. The van der Waals surface area contributed by atoms with Crippen molar-refractivity contribution in [2.24, 2.45) is 34.8 Å². The van der Waals surface area contributed by atoms with Gasteiger partial charge >= 0.3 is 11.9 Å². The van der Waals surface area contributed by atoms with Crippen LogP contribution in [0.4, 0.5) is 0 Å². The van der Waals surface area contributed by atoms with Crippen LogP contribution < -0.4 is 22.9 Å². The Morgan fingerprint density at radius 2 is 0.917 bits per heavy atom. The quantitative estimate of drug-likeness (QED) is 0.314. The average Bonchev–Trinajstić information content (AvgIpc) is 2.44. The molecule has 24 heavy (non-hydrogen) atoms. The van der Waals surface area contributed by atoms with Crippen LogP contribution >= 0.6 is 0 Å². The Kier molecular flexibility index (Phi) is 15.6. The highest BCUT2D eigenvalue weighted by molar-refractivity contribution is 5.89. The molecule has 10 N–H and O–H groups in total. The van der Waals surface area contributed by atoms with E-state index in [1.165, 1.54) is 0 Å². The Labute approximate surface area is 140 Å². The number of carboxylic acids is 2. The van der Waals surface area contributed by atoms with Crippen LogP contribution in [-0.4, -0.2) is 46.0 Å². The van der Waals surface area contributed by atoms with Gasteiger partial charge in [-0.15, -0.1) is 0 Å². The first-order valence-corrected chi connectivity index (χ1v) is 6.97. The molecule has 0 bridgehead atoms. The number of hydrogen-bond acceptors (Lipinski definition) is 6. The summed E-state index contributed by atoms with van der Waals surface area (Å²) in [7, 11) is 0. The molecule has 0 spiro atoms. The maximum Gasteiger partial charge on any atom is 0.328 e. The van der Waals surface area contributed by atoms with E-state index < -0.39 is 35.8 Å². The smallest absolute Gasteiger partial charge is 0.328 e. The van der Waals surface area contributed by atoms with Crippen molar-refractivity contribution in [1.29, 1.82) is 0 Å². The Morgan fingerprint density at radius 3 is 0.958 bits per heavy atom. The van der Waals surface area contributed by atoms with Crippen LogP contribution in [0.2, 0.25) is 0 Å². The molecule has 0 aromatic carbocycles. The van der Waals surface area contributed by atoms with Gasteiger partial charge in [-0.1, -0.05) is 27.7 Å². The lowest BCUT2D eigenvalue weighted by Gasteiger charge is -2.09. The number of primary amides is 2. The van der Waals surface area contributed by atoms with E-state index in [1.54, 1.807) is 0 Å². The number of nitrogens with two attached hydrogens (primary N) is 4. The Bertz CT molecular complexity index is 409. The summed E-state index contributed by atoms with van der Waals surface area (Å²) in [6.07, 6.45) is 1.12. The first-order valence-electron chi connectivity index (χ1n) is 6.97. The van der Waals surface area contributed by atoms with E-state index in [0.29, 0.717) is 12.2 Å². The summed E-state index contributed by atoms with van der Waals surface area (Å²) in [5.41, 5.74) is 20.3. The SMILES string of the molecule is CC(C)[C@H](N)C(N)=O.CC(C)[C@H](N)C(N)=O.O=C(O)/C=C/C(=O)O. The molecule has 0 unspecified atom stereocenters. The molecule has 0 aromatic heterocycles. The maximum absolute atomic E-state index is 10.2. The van der Waals surface area contributed by atoms with E-state index in [-0.39, 0.29) is 11.8 Å². The zero-order chi connectivity index (χ0) is 20.0. The molecule has 140 valence electrons. The second-order valence-electron chi connectivity index (χ2n) is 5.35. The number of aliphatic carboxylic acids is 2. The molecule has 2 atom stereocenters. The summed E-state index contributed by atoms with van der Waals surface area (Å²) in [5, 5.41) is 15.6. The van der Waals surface area contributed by atoms with E-state index in [0.717, 1.165) is 0 Å². The maximum atomic E-state index is 10.2. The van der Waals surface area contributed by atoms with Gasteiger partial charge in [0.05, 0.1) is 12.1 Å². The summed E-state index contributed by atoms with van der Waals surface area (Å²) in [6, 6.07) is -0.981. The van der Waals surface area contributed by atoms with Gasteiger partial charge in [-0.05, 0) is 11.8 Å². The summed E-state index contributed by atoms with van der Waals surface area (Å²) in [4.78, 5) is 39.6. The number of carbonyl (C=O) groups is 4. The predicted molar refractivity (Wildman–Crippen MR) is 88.4 cm³/mol. The van der Waals surface area contributed by atoms with Crippen LogP contribution in [0, 0.1) is 11.8 Å². The van der Waals surface area contributed by atoms with Crippen molar-refractivity contribution in [1.82, 2.24) is 0 Å². The summed E-state index contributed by atoms with van der Waals surface area (Å²) in [6.45, 7) is 7.43. The van der Waals surface area contributed by atoms with Crippen molar-refractivity contribution in [3.63, 3.8) is 0 Å². The second-order valence-corrected chi connectivity index (χ2v) is 5.35. The fourth-order valence-electron chi connectivity index (χ4n) is 0.800. The molecule has 0 aromatic rings. The van der Waals surface area contributed by atoms with Gasteiger partial charge in [0.1, 0.15) is 0 Å². The number of hydrogen-bond donors (Lipinski definition) is 6. The highest BCUT2D eigenvalue weighted by Gasteiger charge is 2.12. The topological polar surface area (TPSA) is 213 Å². The van der Waals surface area contributed by atoms with Gasteiger partial charge in [-0.3, -0.25) is 9.59 Å². The van der Waals surface area contributed by atoms with Crippen LogP contribution in [0.3, 0.4) is 0 Å². The lowest BCUT2D eigenvalue weighted by atomic mass is 10.1. The van der Waals surface area contributed by atoms with Gasteiger partial charge < -0.3 is 33.1 Å². The highest BCUT2D eigenvalue weighted by atomic mass is 16.4. The van der Waals surface area contributed by atoms with Crippen molar-refractivity contribution in [3.05, 3.63) is 12.2 Å². The van der Waals surface area contributed by atoms with Crippen LogP contribution in [0.15, 0.2) is 12.2 Å². The number of amides is 2. The molecular formula is C14H28N4O6. The first-order chi connectivity index (χ1) is 10.7. The summed E-state index contributed by atoms with van der Waals surface area (Å²) in [5.74, 6) is -3.08. The van der Waals surface area contributed by atoms with E-state index in [9.17, 15) is 19.2 Å². The lowest BCUT2D eigenvalue weighted by molar-refractivity contribution is -0.134. The largest absolute Gasteiger partial charge is 0.478 e. The molecule has 0 aliphatic heterocycles. The van der Waals surface area contributed by atoms with Gasteiger partial charge in [-0.2, -0.15) is 0 Å². The standard InChI is InChI=1S/2C5H12N2O.C4H4O4/c2*1-3(2)4(6)5(7)8;5-3(6)1-2-4(7)8/h2*3-4H,6H2,1-2H3,(H2,7,8);1-2H,(H,5,6)(H,7,8)/b;;2-1+/t2*4-;/m00./s1. The van der Waals surface area contributed by atoms with E-state index in [4.69, 9.17) is 33.1 Å². The minimum absolute atomic E-state index is 0.146. The molecule has 0 heterocycles. The minimum Gasteiger partial charge on any atom is -0.478 e. The second kappa shape index (κ2) is 14.2. The molecule has 0 radical (unpaired) electrons. The van der Waals surface area contributed by atoms with Gasteiger partial charge in [0.15, 0.2) is 0 Å². The zero-order valence-corrected chi connectivity index (χ0v) is 14.3. The molecule has 0 saturated carbocycles. The van der Waals surface area contributed by atoms with Crippen molar-refractivity contribution < 1.29 is 29.4 Å². The normalized spacial score (nSPS) is 12.5. The monoisotopic (exact) mass is 348 g/mol.